The minimum absolute atomic E-state index is 0.255. The fraction of sp³-hybridized carbons (Fsp3) is 0.118. The summed E-state index contributed by atoms with van der Waals surface area (Å²) < 4.78 is 0. The van der Waals surface area contributed by atoms with Crippen LogP contribution in [0.25, 0.3) is 0 Å². The van der Waals surface area contributed by atoms with Gasteiger partial charge >= 0.3 is 0 Å². The molecule has 1 heterocycles. The Kier molecular flexibility index (Phi) is 4.34. The molecule has 1 aliphatic heterocycles. The highest BCUT2D eigenvalue weighted by molar-refractivity contribution is 8.13. The highest BCUT2D eigenvalue weighted by Gasteiger charge is 2.28. The number of carbonyl (C=O) groups is 1. The van der Waals surface area contributed by atoms with E-state index in [0.29, 0.717) is 16.8 Å². The topological polar surface area (TPSA) is 67.8 Å². The van der Waals surface area contributed by atoms with Crippen molar-refractivity contribution in [3.63, 3.8) is 0 Å². The van der Waals surface area contributed by atoms with Crippen molar-refractivity contribution in [2.24, 2.45) is 15.7 Å². The summed E-state index contributed by atoms with van der Waals surface area (Å²) in [4.78, 5) is 20.6. The normalized spacial score (nSPS) is 17.8. The predicted molar refractivity (Wildman–Crippen MR) is 91.0 cm³/mol. The average molecular weight is 309 g/mol. The molecule has 2 aromatic carbocycles. The molecular weight excluding hydrogens is 294 g/mol. The molecular formula is C17H15N3OS. The molecule has 0 fully saturated rings. The monoisotopic (exact) mass is 309 g/mol. The molecule has 0 aromatic heterocycles. The number of carbonyl (C=O) groups excluding carboxylic acids is 1. The first-order valence-corrected chi connectivity index (χ1v) is 7.91. The molecule has 0 aliphatic carbocycles. The summed E-state index contributed by atoms with van der Waals surface area (Å²) in [6.45, 7) is 0. The van der Waals surface area contributed by atoms with Gasteiger partial charge in [-0.15, -0.1) is 0 Å². The van der Waals surface area contributed by atoms with Crippen molar-refractivity contribution < 1.29 is 4.79 Å². The zero-order chi connectivity index (χ0) is 15.4. The van der Waals surface area contributed by atoms with Crippen LogP contribution in [0.4, 0.5) is 0 Å². The maximum atomic E-state index is 12.3. The lowest BCUT2D eigenvalue weighted by molar-refractivity contribution is -0.117. The van der Waals surface area contributed by atoms with Gasteiger partial charge in [0.15, 0.2) is 5.17 Å². The van der Waals surface area contributed by atoms with Gasteiger partial charge in [-0.1, -0.05) is 72.4 Å². The van der Waals surface area contributed by atoms with E-state index in [4.69, 9.17) is 5.73 Å². The lowest BCUT2D eigenvalue weighted by Crippen LogP contribution is -2.32. The van der Waals surface area contributed by atoms with Gasteiger partial charge in [-0.05, 0) is 11.1 Å². The minimum Gasteiger partial charge on any atom is -0.386 e. The third kappa shape index (κ3) is 3.26. The Bertz CT molecular complexity index is 726. The number of aliphatic imine (C=N–C) groups is 2. The Hall–Kier alpha value is -2.40. The van der Waals surface area contributed by atoms with Crippen LogP contribution in [0.1, 0.15) is 17.0 Å². The van der Waals surface area contributed by atoms with Crippen molar-refractivity contribution in [1.82, 2.24) is 0 Å². The van der Waals surface area contributed by atoms with Gasteiger partial charge in [-0.2, -0.15) is 4.99 Å². The van der Waals surface area contributed by atoms with Gasteiger partial charge in [-0.3, -0.25) is 4.79 Å². The molecule has 5 heteroatoms. The van der Waals surface area contributed by atoms with Crippen LogP contribution in [0.5, 0.6) is 0 Å². The van der Waals surface area contributed by atoms with E-state index in [1.807, 2.05) is 60.7 Å². The Labute approximate surface area is 133 Å². The Morgan fingerprint density at radius 3 is 2.23 bits per heavy atom. The molecule has 0 radical (unpaired) electrons. The molecule has 3 rings (SSSR count). The second-order valence-electron chi connectivity index (χ2n) is 4.89. The van der Waals surface area contributed by atoms with Crippen LogP contribution in [-0.4, -0.2) is 16.9 Å². The van der Waals surface area contributed by atoms with E-state index in [1.165, 1.54) is 11.8 Å². The zero-order valence-electron chi connectivity index (χ0n) is 11.8. The molecule has 22 heavy (non-hydrogen) atoms. The molecule has 2 N–H and O–H groups in total. The van der Waals surface area contributed by atoms with Crippen LogP contribution in [-0.2, 0) is 10.5 Å². The van der Waals surface area contributed by atoms with Crippen LogP contribution in [0.15, 0.2) is 70.6 Å². The largest absolute Gasteiger partial charge is 0.386 e. The highest BCUT2D eigenvalue weighted by Crippen LogP contribution is 2.24. The van der Waals surface area contributed by atoms with Crippen molar-refractivity contribution in [3.05, 3.63) is 71.8 Å². The summed E-state index contributed by atoms with van der Waals surface area (Å²) >= 11 is 1.42. The summed E-state index contributed by atoms with van der Waals surface area (Å²) in [7, 11) is 0. The third-order valence-corrected chi connectivity index (χ3v) is 4.24. The van der Waals surface area contributed by atoms with E-state index in [9.17, 15) is 4.79 Å². The number of nitrogens with two attached hydrogens (primary N) is 1. The number of thioether (sulfide) groups is 1. The van der Waals surface area contributed by atoms with Gasteiger partial charge in [0.05, 0.1) is 0 Å². The number of rotatable bonds is 3. The minimum atomic E-state index is -0.567. The summed E-state index contributed by atoms with van der Waals surface area (Å²) in [5.41, 5.74) is 7.97. The van der Waals surface area contributed by atoms with Gasteiger partial charge in [0.1, 0.15) is 11.8 Å². The van der Waals surface area contributed by atoms with Crippen molar-refractivity contribution in [2.75, 3.05) is 0 Å². The second kappa shape index (κ2) is 6.58. The number of nitrogens with zero attached hydrogens (tertiary/aromatic N) is 2. The molecule has 0 spiro atoms. The first kappa shape index (κ1) is 14.5. The maximum absolute atomic E-state index is 12.3. The van der Waals surface area contributed by atoms with Crippen molar-refractivity contribution >= 4 is 28.7 Å². The Balaban J connectivity index is 1.73. The summed E-state index contributed by atoms with van der Waals surface area (Å²) in [6.07, 6.45) is 0. The molecule has 1 unspecified atom stereocenters. The Morgan fingerprint density at radius 1 is 0.955 bits per heavy atom. The number of benzene rings is 2. The first-order chi connectivity index (χ1) is 10.7. The molecule has 1 aliphatic rings. The molecule has 1 atom stereocenters. The lowest BCUT2D eigenvalue weighted by Gasteiger charge is -2.17. The van der Waals surface area contributed by atoms with Gasteiger partial charge < -0.3 is 5.73 Å². The van der Waals surface area contributed by atoms with E-state index in [-0.39, 0.29) is 5.91 Å². The van der Waals surface area contributed by atoms with E-state index < -0.39 is 5.92 Å². The van der Waals surface area contributed by atoms with Gasteiger partial charge in [0, 0.05) is 5.75 Å². The quantitative estimate of drug-likeness (QED) is 0.947. The summed E-state index contributed by atoms with van der Waals surface area (Å²) in [5, 5.41) is 0.429. The van der Waals surface area contributed by atoms with Gasteiger partial charge in [0.2, 0.25) is 0 Å². The summed E-state index contributed by atoms with van der Waals surface area (Å²) in [5.74, 6) is 0.193. The fourth-order valence-electron chi connectivity index (χ4n) is 2.23. The number of amides is 1. The van der Waals surface area contributed by atoms with E-state index in [0.717, 1.165) is 11.1 Å². The Morgan fingerprint density at radius 2 is 1.59 bits per heavy atom. The van der Waals surface area contributed by atoms with E-state index in [2.05, 4.69) is 9.98 Å². The number of hydrogen-bond acceptors (Lipinski definition) is 4. The molecule has 110 valence electrons. The van der Waals surface area contributed by atoms with Gasteiger partial charge in [-0.25, -0.2) is 4.99 Å². The highest BCUT2D eigenvalue weighted by atomic mass is 32.2. The van der Waals surface area contributed by atoms with Crippen LogP contribution in [0.2, 0.25) is 0 Å². The van der Waals surface area contributed by atoms with Crippen molar-refractivity contribution in [2.45, 2.75) is 11.7 Å². The zero-order valence-corrected chi connectivity index (χ0v) is 12.7. The van der Waals surface area contributed by atoms with Gasteiger partial charge in [0.25, 0.3) is 5.91 Å². The lowest BCUT2D eigenvalue weighted by atomic mass is 9.97. The number of hydrogen-bond donors (Lipinski definition) is 1. The molecule has 0 saturated heterocycles. The average Bonchev–Trinajstić information content (AvgIpc) is 2.54. The molecule has 1 amide bonds. The molecule has 2 aromatic rings. The van der Waals surface area contributed by atoms with Crippen LogP contribution < -0.4 is 5.73 Å². The smallest absolute Gasteiger partial charge is 0.263 e. The fourth-order valence-corrected chi connectivity index (χ4v) is 3.04. The predicted octanol–water partition coefficient (Wildman–Crippen LogP) is 2.96. The molecule has 0 bridgehead atoms. The van der Waals surface area contributed by atoms with Crippen molar-refractivity contribution in [1.29, 1.82) is 0 Å². The van der Waals surface area contributed by atoms with Crippen molar-refractivity contribution in [3.8, 4) is 0 Å². The van der Waals surface area contributed by atoms with Crippen LogP contribution in [0, 0.1) is 0 Å². The third-order valence-electron chi connectivity index (χ3n) is 3.32. The maximum Gasteiger partial charge on any atom is 0.263 e. The van der Waals surface area contributed by atoms with Crippen LogP contribution in [0.3, 0.4) is 0 Å². The standard InChI is InChI=1S/C17H15N3OS/c18-15-14(13-9-5-2-6-10-13)16(21)20-17(19-15)22-11-12-7-3-1-4-8-12/h1-10,14H,11H2,(H2,18,19,20,21). The number of amidine groups is 2. The molecule has 4 nitrogen and oxygen atoms in total. The van der Waals surface area contributed by atoms with E-state index >= 15 is 0 Å². The second-order valence-corrected chi connectivity index (χ2v) is 5.83. The van der Waals surface area contributed by atoms with Crippen LogP contribution >= 0.6 is 11.8 Å². The van der Waals surface area contributed by atoms with E-state index in [1.54, 1.807) is 0 Å². The molecule has 0 saturated carbocycles. The summed E-state index contributed by atoms with van der Waals surface area (Å²) in [6, 6.07) is 19.4. The first-order valence-electron chi connectivity index (χ1n) is 6.92. The SMILES string of the molecule is NC1=NC(SCc2ccccc2)=NC(=O)C1c1ccccc1.